The van der Waals surface area contributed by atoms with E-state index in [4.69, 9.17) is 18.9 Å². The fraction of sp³-hybridized carbons (Fsp3) is 0.174. The molecule has 10 nitrogen and oxygen atoms in total. The van der Waals surface area contributed by atoms with Crippen molar-refractivity contribution in [2.75, 3.05) is 32.2 Å². The molecular weight excluding hydrogens is 466 g/mol. The third-order valence-electron chi connectivity index (χ3n) is 4.55. The number of aliphatic hydroxyl groups is 1. The summed E-state index contributed by atoms with van der Waals surface area (Å²) in [7, 11) is -1.27. The lowest BCUT2D eigenvalue weighted by molar-refractivity contribution is 0.0696. The molecule has 34 heavy (non-hydrogen) atoms. The topological polar surface area (TPSA) is 141 Å². The summed E-state index contributed by atoms with van der Waals surface area (Å²) in [6.45, 7) is -0.547. The van der Waals surface area contributed by atoms with Gasteiger partial charge in [-0.1, -0.05) is 12.1 Å². The van der Waals surface area contributed by atoms with E-state index in [1.54, 1.807) is 24.3 Å². The number of hydrogen-bond acceptors (Lipinski definition) is 8. The third kappa shape index (κ3) is 5.69. The number of aromatic carboxylic acids is 1. The Labute approximate surface area is 196 Å². The fourth-order valence-corrected chi connectivity index (χ4v) is 3.99. The smallest absolute Gasteiger partial charge is 0.335 e. The summed E-state index contributed by atoms with van der Waals surface area (Å²) in [5.41, 5.74) is -0.442. The monoisotopic (exact) mass is 489 g/mol. The number of hydrogen-bond donors (Lipinski definition) is 3. The number of nitrogens with one attached hydrogen (secondary N) is 1. The number of rotatable bonds is 11. The molecule has 180 valence electrons. The zero-order valence-corrected chi connectivity index (χ0v) is 19.2. The van der Waals surface area contributed by atoms with Gasteiger partial charge in [-0.15, -0.1) is 0 Å². The first-order valence-electron chi connectivity index (χ1n) is 9.91. The van der Waals surface area contributed by atoms with E-state index in [0.29, 0.717) is 11.5 Å². The number of aliphatic hydroxyl groups excluding tert-OH is 1. The first-order valence-corrected chi connectivity index (χ1v) is 11.4. The molecule has 3 rings (SSSR count). The number of methoxy groups -OCH3 is 2. The van der Waals surface area contributed by atoms with Crippen molar-refractivity contribution in [2.45, 2.75) is 4.90 Å². The SMILES string of the molecule is COc1ccc(S(=O)(=O)Nc2cc(C(=O)O)cc(OCCO)c2Oc2ccccc2OC)cc1. The molecule has 0 unspecified atom stereocenters. The number of carboxylic acid groups (broad SMARTS) is 1. The fourth-order valence-electron chi connectivity index (χ4n) is 2.94. The number of anilines is 1. The van der Waals surface area contributed by atoms with E-state index in [1.165, 1.54) is 44.6 Å². The van der Waals surface area contributed by atoms with Crippen molar-refractivity contribution in [3.05, 3.63) is 66.2 Å². The van der Waals surface area contributed by atoms with Crippen molar-refractivity contribution >= 4 is 21.7 Å². The number of sulfonamides is 1. The van der Waals surface area contributed by atoms with Crippen molar-refractivity contribution in [1.29, 1.82) is 0 Å². The molecule has 3 N–H and O–H groups in total. The largest absolute Gasteiger partial charge is 0.497 e. The van der Waals surface area contributed by atoms with Crippen LogP contribution in [-0.2, 0) is 10.0 Å². The predicted molar refractivity (Wildman–Crippen MR) is 123 cm³/mol. The van der Waals surface area contributed by atoms with Crippen LogP contribution in [0, 0.1) is 0 Å². The molecular formula is C23H23NO9S. The van der Waals surface area contributed by atoms with Crippen LogP contribution in [0.3, 0.4) is 0 Å². The van der Waals surface area contributed by atoms with Crippen LogP contribution in [0.1, 0.15) is 10.4 Å². The molecule has 11 heteroatoms. The van der Waals surface area contributed by atoms with Crippen LogP contribution in [0.2, 0.25) is 0 Å². The summed E-state index contributed by atoms with van der Waals surface area (Å²) in [6, 6.07) is 14.5. The lowest BCUT2D eigenvalue weighted by Gasteiger charge is -2.19. The summed E-state index contributed by atoms with van der Waals surface area (Å²) in [5, 5.41) is 18.7. The average Bonchev–Trinajstić information content (AvgIpc) is 2.84. The van der Waals surface area contributed by atoms with Crippen LogP contribution in [0.15, 0.2) is 65.6 Å². The third-order valence-corrected chi connectivity index (χ3v) is 5.93. The quantitative estimate of drug-likeness (QED) is 0.370. The van der Waals surface area contributed by atoms with Gasteiger partial charge < -0.3 is 29.2 Å². The van der Waals surface area contributed by atoms with Gasteiger partial charge in [-0.3, -0.25) is 4.72 Å². The highest BCUT2D eigenvalue weighted by molar-refractivity contribution is 7.92. The van der Waals surface area contributed by atoms with Crippen LogP contribution in [0.4, 0.5) is 5.69 Å². The Morgan fingerprint density at radius 3 is 2.21 bits per heavy atom. The van der Waals surface area contributed by atoms with Gasteiger partial charge in [0.15, 0.2) is 23.0 Å². The molecule has 0 fully saturated rings. The molecule has 0 aliphatic rings. The lowest BCUT2D eigenvalue weighted by atomic mass is 10.1. The van der Waals surface area contributed by atoms with Gasteiger partial charge in [0.05, 0.1) is 37.0 Å². The molecule has 0 spiro atoms. The van der Waals surface area contributed by atoms with Gasteiger partial charge in [-0.05, 0) is 48.5 Å². The molecule has 0 radical (unpaired) electrons. The van der Waals surface area contributed by atoms with Gasteiger partial charge in [0.1, 0.15) is 12.4 Å². The summed E-state index contributed by atoms with van der Waals surface area (Å²) >= 11 is 0. The summed E-state index contributed by atoms with van der Waals surface area (Å²) in [6.07, 6.45) is 0. The number of carboxylic acids is 1. The Kier molecular flexibility index (Phi) is 7.82. The Hall–Kier alpha value is -3.96. The number of carbonyl (C=O) groups is 1. The molecule has 0 aliphatic carbocycles. The Balaban J connectivity index is 2.13. The maximum atomic E-state index is 13.1. The van der Waals surface area contributed by atoms with Crippen LogP contribution in [0.25, 0.3) is 0 Å². The van der Waals surface area contributed by atoms with E-state index >= 15 is 0 Å². The minimum absolute atomic E-state index is 0.0879. The van der Waals surface area contributed by atoms with E-state index in [0.717, 1.165) is 6.07 Å². The summed E-state index contributed by atoms with van der Waals surface area (Å²) < 4.78 is 50.3. The average molecular weight is 490 g/mol. The molecule has 0 aliphatic heterocycles. The van der Waals surface area contributed by atoms with Gasteiger partial charge in [0.25, 0.3) is 10.0 Å². The maximum Gasteiger partial charge on any atom is 0.335 e. The Morgan fingerprint density at radius 1 is 0.941 bits per heavy atom. The van der Waals surface area contributed by atoms with E-state index in [-0.39, 0.29) is 46.6 Å². The van der Waals surface area contributed by atoms with Crippen LogP contribution in [-0.4, -0.2) is 52.0 Å². The van der Waals surface area contributed by atoms with Crippen molar-refractivity contribution in [3.63, 3.8) is 0 Å². The second-order valence-electron chi connectivity index (χ2n) is 6.76. The van der Waals surface area contributed by atoms with Crippen LogP contribution >= 0.6 is 0 Å². The first-order chi connectivity index (χ1) is 16.3. The molecule has 3 aromatic rings. The Morgan fingerprint density at radius 2 is 1.62 bits per heavy atom. The second kappa shape index (κ2) is 10.8. The molecule has 0 saturated heterocycles. The van der Waals surface area contributed by atoms with E-state index in [2.05, 4.69) is 4.72 Å². The molecule has 0 bridgehead atoms. The van der Waals surface area contributed by atoms with Gasteiger partial charge in [-0.25, -0.2) is 13.2 Å². The zero-order chi connectivity index (χ0) is 24.7. The predicted octanol–water partition coefficient (Wildman–Crippen LogP) is 3.37. The van der Waals surface area contributed by atoms with Gasteiger partial charge in [0, 0.05) is 0 Å². The first kappa shape index (κ1) is 24.7. The molecule has 0 atom stereocenters. The standard InChI is InChI=1S/C23H23NO9S/c1-30-16-7-9-17(10-8-16)34(28,29)24-18-13-15(23(26)27)14-21(32-12-11-25)22(18)33-20-6-4-3-5-19(20)31-2/h3-10,13-14,24-25H,11-12H2,1-2H3,(H,26,27). The van der Waals surface area contributed by atoms with Gasteiger partial charge in [0.2, 0.25) is 0 Å². The molecule has 0 amide bonds. The lowest BCUT2D eigenvalue weighted by Crippen LogP contribution is -2.15. The zero-order valence-electron chi connectivity index (χ0n) is 18.3. The normalized spacial score (nSPS) is 10.9. The van der Waals surface area contributed by atoms with Crippen molar-refractivity contribution in [2.24, 2.45) is 0 Å². The molecule has 0 saturated carbocycles. The number of benzene rings is 3. The molecule has 0 aromatic heterocycles. The van der Waals surface area contributed by atoms with E-state index in [1.807, 2.05) is 0 Å². The molecule has 0 heterocycles. The highest BCUT2D eigenvalue weighted by atomic mass is 32.2. The highest BCUT2D eigenvalue weighted by Gasteiger charge is 2.24. The molecule has 3 aromatic carbocycles. The van der Waals surface area contributed by atoms with Crippen molar-refractivity contribution in [3.8, 4) is 28.7 Å². The Bertz CT molecular complexity index is 1260. The minimum atomic E-state index is -4.16. The summed E-state index contributed by atoms with van der Waals surface area (Å²) in [4.78, 5) is 11.6. The van der Waals surface area contributed by atoms with Crippen molar-refractivity contribution < 1.29 is 42.4 Å². The minimum Gasteiger partial charge on any atom is -0.497 e. The second-order valence-corrected chi connectivity index (χ2v) is 8.44. The highest BCUT2D eigenvalue weighted by Crippen LogP contribution is 2.43. The number of ether oxygens (including phenoxy) is 4. The maximum absolute atomic E-state index is 13.1. The van der Waals surface area contributed by atoms with Crippen LogP contribution in [0.5, 0.6) is 28.7 Å². The van der Waals surface area contributed by atoms with E-state index < -0.39 is 16.0 Å². The van der Waals surface area contributed by atoms with Gasteiger partial charge >= 0.3 is 5.97 Å². The van der Waals surface area contributed by atoms with E-state index in [9.17, 15) is 23.4 Å². The summed E-state index contributed by atoms with van der Waals surface area (Å²) in [5.74, 6) is -0.477. The van der Waals surface area contributed by atoms with Crippen molar-refractivity contribution in [1.82, 2.24) is 0 Å². The van der Waals surface area contributed by atoms with Crippen LogP contribution < -0.4 is 23.7 Å². The number of para-hydroxylation sites is 2. The van der Waals surface area contributed by atoms with Gasteiger partial charge in [-0.2, -0.15) is 0 Å².